The van der Waals surface area contributed by atoms with E-state index in [1.165, 1.54) is 5.56 Å². The zero-order valence-electron chi connectivity index (χ0n) is 15.9. The second-order valence-electron chi connectivity index (χ2n) is 7.49. The van der Waals surface area contributed by atoms with Gasteiger partial charge in [-0.3, -0.25) is 0 Å². The van der Waals surface area contributed by atoms with E-state index in [1.54, 1.807) is 12.0 Å². The van der Waals surface area contributed by atoms with Crippen molar-refractivity contribution in [1.82, 2.24) is 10.2 Å². The molecule has 0 spiro atoms. The highest BCUT2D eigenvalue weighted by Gasteiger charge is 2.31. The van der Waals surface area contributed by atoms with Crippen molar-refractivity contribution in [1.29, 1.82) is 0 Å². The molecule has 0 aromatic heterocycles. The fourth-order valence-electron chi connectivity index (χ4n) is 3.02. The number of carbonyl (C=O) groups is 1. The first-order valence-electron chi connectivity index (χ1n) is 8.75. The van der Waals surface area contributed by atoms with Crippen LogP contribution in [0, 0.1) is 0 Å². The van der Waals surface area contributed by atoms with Crippen molar-refractivity contribution in [3.63, 3.8) is 0 Å². The number of aliphatic hydroxyl groups is 1. The third-order valence-corrected chi connectivity index (χ3v) is 4.22. The fraction of sp³-hybridized carbons (Fsp3) is 0.632. The molecule has 1 aromatic carbocycles. The summed E-state index contributed by atoms with van der Waals surface area (Å²) in [5.74, 6) is 0.794. The van der Waals surface area contributed by atoms with Gasteiger partial charge in [-0.1, -0.05) is 6.07 Å². The number of hydrogen-bond acceptors (Lipinski definition) is 5. The van der Waals surface area contributed by atoms with Gasteiger partial charge in [-0.25, -0.2) is 4.79 Å². The van der Waals surface area contributed by atoms with Crippen molar-refractivity contribution in [3.8, 4) is 5.75 Å². The SMILES string of the molecule is COc1cc2c(cc1CNCCO)CC(C)N(C(=O)OC(C)(C)C)C2. The van der Waals surface area contributed by atoms with E-state index >= 15 is 0 Å². The van der Waals surface area contributed by atoms with Crippen molar-refractivity contribution in [2.45, 2.75) is 58.8 Å². The average molecular weight is 350 g/mol. The maximum atomic E-state index is 12.5. The largest absolute Gasteiger partial charge is 0.496 e. The third kappa shape index (κ3) is 5.09. The summed E-state index contributed by atoms with van der Waals surface area (Å²) in [6, 6.07) is 4.23. The van der Waals surface area contributed by atoms with Gasteiger partial charge in [-0.2, -0.15) is 0 Å². The van der Waals surface area contributed by atoms with Crippen molar-refractivity contribution in [2.24, 2.45) is 0 Å². The van der Waals surface area contributed by atoms with Gasteiger partial charge >= 0.3 is 6.09 Å². The van der Waals surface area contributed by atoms with Crippen molar-refractivity contribution in [2.75, 3.05) is 20.3 Å². The summed E-state index contributed by atoms with van der Waals surface area (Å²) in [6.07, 6.45) is 0.504. The van der Waals surface area contributed by atoms with E-state index in [4.69, 9.17) is 14.6 Å². The summed E-state index contributed by atoms with van der Waals surface area (Å²) in [6.45, 7) is 9.48. The molecule has 140 valence electrons. The van der Waals surface area contributed by atoms with E-state index in [9.17, 15) is 4.79 Å². The first-order valence-corrected chi connectivity index (χ1v) is 8.75. The van der Waals surface area contributed by atoms with Gasteiger partial charge in [0.2, 0.25) is 0 Å². The second kappa shape index (κ2) is 8.06. The maximum Gasteiger partial charge on any atom is 0.410 e. The molecular weight excluding hydrogens is 320 g/mol. The zero-order valence-corrected chi connectivity index (χ0v) is 15.9. The van der Waals surface area contributed by atoms with E-state index in [0.29, 0.717) is 19.6 Å². The standard InChI is InChI=1S/C19H30N2O4/c1-13-8-14-9-15(11-20-6-7-22)17(24-5)10-16(14)12-21(13)18(23)25-19(2,3)4/h9-10,13,20,22H,6-8,11-12H2,1-5H3. The summed E-state index contributed by atoms with van der Waals surface area (Å²) < 4.78 is 11.0. The number of ether oxygens (including phenoxy) is 2. The Kier molecular flexibility index (Phi) is 6.30. The molecule has 0 fully saturated rings. The van der Waals surface area contributed by atoms with Crippen molar-refractivity contribution < 1.29 is 19.4 Å². The fourth-order valence-corrected chi connectivity index (χ4v) is 3.02. The van der Waals surface area contributed by atoms with Gasteiger partial charge in [0.25, 0.3) is 0 Å². The number of hydrogen-bond donors (Lipinski definition) is 2. The Labute approximate surface area is 150 Å². The molecule has 0 bridgehead atoms. The van der Waals surface area contributed by atoms with Gasteiger partial charge in [-0.05, 0) is 51.3 Å². The lowest BCUT2D eigenvalue weighted by Gasteiger charge is -2.36. The number of benzene rings is 1. The Morgan fingerprint density at radius 2 is 2.08 bits per heavy atom. The molecule has 6 nitrogen and oxygen atoms in total. The lowest BCUT2D eigenvalue weighted by atomic mass is 9.92. The Hall–Kier alpha value is -1.79. The van der Waals surface area contributed by atoms with Crippen LogP contribution in [-0.4, -0.2) is 48.0 Å². The molecule has 1 amide bonds. The van der Waals surface area contributed by atoms with Crippen LogP contribution in [-0.2, 0) is 24.2 Å². The minimum absolute atomic E-state index is 0.0778. The monoisotopic (exact) mass is 350 g/mol. The molecule has 1 aliphatic rings. The van der Waals surface area contributed by atoms with E-state index in [1.807, 2.05) is 33.8 Å². The van der Waals surface area contributed by atoms with Gasteiger partial charge in [0.1, 0.15) is 11.4 Å². The molecule has 25 heavy (non-hydrogen) atoms. The molecule has 0 saturated heterocycles. The van der Waals surface area contributed by atoms with Crippen LogP contribution >= 0.6 is 0 Å². The molecule has 1 aromatic rings. The summed E-state index contributed by atoms with van der Waals surface area (Å²) in [5.41, 5.74) is 2.88. The zero-order chi connectivity index (χ0) is 18.6. The van der Waals surface area contributed by atoms with E-state index in [2.05, 4.69) is 11.4 Å². The molecule has 0 aliphatic carbocycles. The first kappa shape index (κ1) is 19.5. The highest BCUT2D eigenvalue weighted by atomic mass is 16.6. The summed E-state index contributed by atoms with van der Waals surface area (Å²) in [5, 5.41) is 12.1. The summed E-state index contributed by atoms with van der Waals surface area (Å²) in [7, 11) is 1.65. The predicted octanol–water partition coefficient (Wildman–Crippen LogP) is 2.46. The van der Waals surface area contributed by atoms with Crippen LogP contribution in [0.3, 0.4) is 0 Å². The Bertz CT molecular complexity index is 610. The molecule has 2 rings (SSSR count). The van der Waals surface area contributed by atoms with Crippen LogP contribution in [0.15, 0.2) is 12.1 Å². The molecule has 1 unspecified atom stereocenters. The molecule has 0 saturated carbocycles. The molecule has 1 atom stereocenters. The van der Waals surface area contributed by atoms with Crippen molar-refractivity contribution >= 4 is 6.09 Å². The number of nitrogens with one attached hydrogen (secondary N) is 1. The lowest BCUT2D eigenvalue weighted by molar-refractivity contribution is 0.0138. The molecule has 1 aliphatic heterocycles. The molecule has 1 heterocycles. The van der Waals surface area contributed by atoms with Gasteiger partial charge in [-0.15, -0.1) is 0 Å². The number of rotatable bonds is 5. The minimum Gasteiger partial charge on any atom is -0.496 e. The highest BCUT2D eigenvalue weighted by molar-refractivity contribution is 5.69. The van der Waals surface area contributed by atoms with Gasteiger partial charge in [0.15, 0.2) is 0 Å². The quantitative estimate of drug-likeness (QED) is 0.798. The molecular formula is C19H30N2O4. The van der Waals surface area contributed by atoms with E-state index in [-0.39, 0.29) is 18.7 Å². The summed E-state index contributed by atoms with van der Waals surface area (Å²) in [4.78, 5) is 14.2. The summed E-state index contributed by atoms with van der Waals surface area (Å²) >= 11 is 0. The Morgan fingerprint density at radius 1 is 1.36 bits per heavy atom. The van der Waals surface area contributed by atoms with Crippen LogP contribution in [0.2, 0.25) is 0 Å². The molecule has 6 heteroatoms. The Balaban J connectivity index is 2.20. The number of methoxy groups -OCH3 is 1. The molecule has 2 N–H and O–H groups in total. The number of carbonyl (C=O) groups excluding carboxylic acids is 1. The minimum atomic E-state index is -0.503. The number of fused-ring (bicyclic) bond motifs is 1. The van der Waals surface area contributed by atoms with Crippen molar-refractivity contribution in [3.05, 3.63) is 28.8 Å². The van der Waals surface area contributed by atoms with Crippen LogP contribution in [0.5, 0.6) is 5.75 Å². The Morgan fingerprint density at radius 3 is 2.68 bits per heavy atom. The normalized spacial score (nSPS) is 17.2. The smallest absolute Gasteiger partial charge is 0.410 e. The number of nitrogens with zero attached hydrogens (tertiary/aromatic N) is 1. The van der Waals surface area contributed by atoms with E-state index < -0.39 is 5.60 Å². The van der Waals surface area contributed by atoms with Crippen LogP contribution in [0.25, 0.3) is 0 Å². The number of aliphatic hydroxyl groups excluding tert-OH is 1. The third-order valence-electron chi connectivity index (χ3n) is 4.22. The van der Waals surface area contributed by atoms with Gasteiger partial charge in [0.05, 0.1) is 13.7 Å². The predicted molar refractivity (Wildman–Crippen MR) is 96.7 cm³/mol. The lowest BCUT2D eigenvalue weighted by Crippen LogP contribution is -2.45. The highest BCUT2D eigenvalue weighted by Crippen LogP contribution is 2.31. The van der Waals surface area contributed by atoms with E-state index in [0.717, 1.165) is 23.3 Å². The van der Waals surface area contributed by atoms with Gasteiger partial charge < -0.3 is 24.8 Å². The second-order valence-corrected chi connectivity index (χ2v) is 7.49. The van der Waals surface area contributed by atoms with Gasteiger partial charge in [0, 0.05) is 31.2 Å². The topological polar surface area (TPSA) is 71.0 Å². The van der Waals surface area contributed by atoms with Crippen LogP contribution < -0.4 is 10.1 Å². The molecule has 0 radical (unpaired) electrons. The van der Waals surface area contributed by atoms with Crippen LogP contribution in [0.4, 0.5) is 4.79 Å². The van der Waals surface area contributed by atoms with Crippen LogP contribution in [0.1, 0.15) is 44.4 Å². The average Bonchev–Trinajstić information content (AvgIpc) is 2.52. The first-order chi connectivity index (χ1) is 11.7. The maximum absolute atomic E-state index is 12.5. The number of amides is 1.